The summed E-state index contributed by atoms with van der Waals surface area (Å²) in [4.78, 5) is 16.1. The first-order chi connectivity index (χ1) is 12.1. The first-order valence-electron chi connectivity index (χ1n) is 8.29. The topological polar surface area (TPSA) is 63.4 Å². The van der Waals surface area contributed by atoms with E-state index in [-0.39, 0.29) is 12.7 Å². The van der Waals surface area contributed by atoms with Gasteiger partial charge in [-0.1, -0.05) is 24.3 Å². The van der Waals surface area contributed by atoms with E-state index >= 15 is 0 Å². The standard InChI is InChI=1S/C20H20N2O3/c1-20(2,15-11-21-16-6-4-3-5-14(15)16)19(23)22-10-13-7-8-17-18(9-13)25-12-24-17/h3-9,11,21H,10,12H2,1-2H3,(H,22,23). The molecule has 0 radical (unpaired) electrons. The summed E-state index contributed by atoms with van der Waals surface area (Å²) in [6, 6.07) is 13.7. The van der Waals surface area contributed by atoms with E-state index in [0.29, 0.717) is 6.54 Å². The number of rotatable bonds is 4. The normalized spacial score (nSPS) is 13.2. The molecule has 5 heteroatoms. The van der Waals surface area contributed by atoms with E-state index in [0.717, 1.165) is 33.5 Å². The number of H-pyrrole nitrogens is 1. The Morgan fingerprint density at radius 2 is 1.96 bits per heavy atom. The van der Waals surface area contributed by atoms with Crippen molar-refractivity contribution in [1.29, 1.82) is 0 Å². The van der Waals surface area contributed by atoms with Gasteiger partial charge in [0.1, 0.15) is 0 Å². The fraction of sp³-hybridized carbons (Fsp3) is 0.250. The molecule has 0 unspecified atom stereocenters. The Hall–Kier alpha value is -2.95. The minimum atomic E-state index is -0.643. The Morgan fingerprint density at radius 3 is 2.84 bits per heavy atom. The SMILES string of the molecule is CC(C)(C(=O)NCc1ccc2c(c1)OCO2)c1c[nH]c2ccccc12. The average molecular weight is 336 g/mol. The van der Waals surface area contributed by atoms with Gasteiger partial charge < -0.3 is 19.8 Å². The highest BCUT2D eigenvalue weighted by molar-refractivity contribution is 5.94. The molecule has 128 valence electrons. The summed E-state index contributed by atoms with van der Waals surface area (Å²) < 4.78 is 10.7. The van der Waals surface area contributed by atoms with Crippen LogP contribution in [0.5, 0.6) is 11.5 Å². The first-order valence-corrected chi connectivity index (χ1v) is 8.29. The van der Waals surface area contributed by atoms with Crippen molar-refractivity contribution in [3.8, 4) is 11.5 Å². The summed E-state index contributed by atoms with van der Waals surface area (Å²) in [5.41, 5.74) is 2.36. The number of ether oxygens (including phenoxy) is 2. The Balaban J connectivity index is 1.52. The van der Waals surface area contributed by atoms with Crippen molar-refractivity contribution in [3.63, 3.8) is 0 Å². The molecule has 0 fully saturated rings. The lowest BCUT2D eigenvalue weighted by Crippen LogP contribution is -2.39. The molecule has 2 N–H and O–H groups in total. The second kappa shape index (κ2) is 5.84. The zero-order valence-corrected chi connectivity index (χ0v) is 14.3. The summed E-state index contributed by atoms with van der Waals surface area (Å²) in [7, 11) is 0. The van der Waals surface area contributed by atoms with Gasteiger partial charge in [0.05, 0.1) is 5.41 Å². The lowest BCUT2D eigenvalue weighted by atomic mass is 9.83. The molecular formula is C20H20N2O3. The van der Waals surface area contributed by atoms with Crippen molar-refractivity contribution < 1.29 is 14.3 Å². The van der Waals surface area contributed by atoms with Crippen LogP contribution in [-0.2, 0) is 16.8 Å². The van der Waals surface area contributed by atoms with Crippen LogP contribution in [0.3, 0.4) is 0 Å². The fourth-order valence-corrected chi connectivity index (χ4v) is 3.17. The highest BCUT2D eigenvalue weighted by Gasteiger charge is 2.32. The van der Waals surface area contributed by atoms with Gasteiger partial charge in [-0.05, 0) is 43.2 Å². The molecule has 0 spiro atoms. The molecule has 3 aromatic rings. The third-order valence-electron chi connectivity index (χ3n) is 4.72. The molecule has 0 saturated heterocycles. The van der Waals surface area contributed by atoms with Crippen LogP contribution < -0.4 is 14.8 Å². The van der Waals surface area contributed by atoms with E-state index < -0.39 is 5.41 Å². The highest BCUT2D eigenvalue weighted by Crippen LogP contribution is 2.33. The third-order valence-corrected chi connectivity index (χ3v) is 4.72. The zero-order chi connectivity index (χ0) is 17.4. The lowest BCUT2D eigenvalue weighted by Gasteiger charge is -2.23. The number of nitrogens with one attached hydrogen (secondary N) is 2. The van der Waals surface area contributed by atoms with Crippen LogP contribution in [0, 0.1) is 0 Å². The van der Waals surface area contributed by atoms with Crippen LogP contribution in [0.2, 0.25) is 0 Å². The molecular weight excluding hydrogens is 316 g/mol. The minimum Gasteiger partial charge on any atom is -0.454 e. The Kier molecular flexibility index (Phi) is 3.64. The first kappa shape index (κ1) is 15.6. The number of benzene rings is 2. The van der Waals surface area contributed by atoms with E-state index in [1.54, 1.807) is 0 Å². The number of carbonyl (C=O) groups is 1. The monoisotopic (exact) mass is 336 g/mol. The molecule has 0 saturated carbocycles. The van der Waals surface area contributed by atoms with E-state index in [2.05, 4.69) is 10.3 Å². The van der Waals surface area contributed by atoms with Crippen LogP contribution in [0.25, 0.3) is 10.9 Å². The Labute approximate surface area is 146 Å². The predicted molar refractivity (Wildman–Crippen MR) is 95.7 cm³/mol. The number of aromatic amines is 1. The average Bonchev–Trinajstić information content (AvgIpc) is 3.25. The van der Waals surface area contributed by atoms with Gasteiger partial charge in [0.15, 0.2) is 11.5 Å². The van der Waals surface area contributed by atoms with Crippen LogP contribution in [0.1, 0.15) is 25.0 Å². The zero-order valence-electron chi connectivity index (χ0n) is 14.3. The molecule has 5 nitrogen and oxygen atoms in total. The van der Waals surface area contributed by atoms with Crippen molar-refractivity contribution >= 4 is 16.8 Å². The van der Waals surface area contributed by atoms with Gasteiger partial charge in [-0.15, -0.1) is 0 Å². The summed E-state index contributed by atoms with van der Waals surface area (Å²) in [5, 5.41) is 4.11. The van der Waals surface area contributed by atoms with Crippen molar-refractivity contribution in [2.75, 3.05) is 6.79 Å². The molecule has 1 amide bonds. The molecule has 1 aliphatic rings. The quantitative estimate of drug-likeness (QED) is 0.766. The molecule has 2 aromatic carbocycles. The van der Waals surface area contributed by atoms with Crippen molar-refractivity contribution in [2.24, 2.45) is 0 Å². The number of para-hydroxylation sites is 1. The van der Waals surface area contributed by atoms with Gasteiger partial charge >= 0.3 is 0 Å². The Morgan fingerprint density at radius 1 is 1.16 bits per heavy atom. The maximum absolute atomic E-state index is 12.8. The van der Waals surface area contributed by atoms with Crippen LogP contribution in [0.15, 0.2) is 48.7 Å². The van der Waals surface area contributed by atoms with Crippen LogP contribution >= 0.6 is 0 Å². The fourth-order valence-electron chi connectivity index (χ4n) is 3.17. The minimum absolute atomic E-state index is 0.0186. The molecule has 4 rings (SSSR count). The highest BCUT2D eigenvalue weighted by atomic mass is 16.7. The number of carbonyl (C=O) groups excluding carboxylic acids is 1. The van der Waals surface area contributed by atoms with E-state index in [1.165, 1.54) is 0 Å². The van der Waals surface area contributed by atoms with Gasteiger partial charge in [0, 0.05) is 23.6 Å². The largest absolute Gasteiger partial charge is 0.454 e. The lowest BCUT2D eigenvalue weighted by molar-refractivity contribution is -0.125. The van der Waals surface area contributed by atoms with Crippen molar-refractivity contribution in [2.45, 2.75) is 25.8 Å². The van der Waals surface area contributed by atoms with E-state index in [1.807, 2.05) is 62.5 Å². The van der Waals surface area contributed by atoms with Gasteiger partial charge in [-0.3, -0.25) is 4.79 Å². The maximum atomic E-state index is 12.8. The third kappa shape index (κ3) is 2.71. The van der Waals surface area contributed by atoms with Gasteiger partial charge in [0.25, 0.3) is 0 Å². The molecule has 0 atom stereocenters. The van der Waals surface area contributed by atoms with Crippen molar-refractivity contribution in [1.82, 2.24) is 10.3 Å². The number of fused-ring (bicyclic) bond motifs is 2. The summed E-state index contributed by atoms with van der Waals surface area (Å²) in [6.45, 7) is 4.58. The predicted octanol–water partition coefficient (Wildman–Crippen LogP) is 3.49. The smallest absolute Gasteiger partial charge is 0.231 e. The molecule has 1 aromatic heterocycles. The van der Waals surface area contributed by atoms with Gasteiger partial charge in [0.2, 0.25) is 12.7 Å². The number of hydrogen-bond acceptors (Lipinski definition) is 3. The summed E-state index contributed by atoms with van der Waals surface area (Å²) >= 11 is 0. The van der Waals surface area contributed by atoms with Crippen LogP contribution in [0.4, 0.5) is 0 Å². The van der Waals surface area contributed by atoms with Crippen molar-refractivity contribution in [3.05, 3.63) is 59.8 Å². The molecule has 0 bridgehead atoms. The number of hydrogen-bond donors (Lipinski definition) is 2. The molecule has 2 heterocycles. The van der Waals surface area contributed by atoms with Gasteiger partial charge in [-0.2, -0.15) is 0 Å². The number of amides is 1. The summed E-state index contributed by atoms with van der Waals surface area (Å²) in [5.74, 6) is 1.45. The molecule has 25 heavy (non-hydrogen) atoms. The molecule has 1 aliphatic heterocycles. The second-order valence-electron chi connectivity index (χ2n) is 6.74. The van der Waals surface area contributed by atoms with Gasteiger partial charge in [-0.25, -0.2) is 0 Å². The summed E-state index contributed by atoms with van der Waals surface area (Å²) in [6.07, 6.45) is 1.92. The second-order valence-corrected chi connectivity index (χ2v) is 6.74. The maximum Gasteiger partial charge on any atom is 0.231 e. The number of aromatic nitrogens is 1. The Bertz CT molecular complexity index is 943. The molecule has 0 aliphatic carbocycles. The van der Waals surface area contributed by atoms with Crippen LogP contribution in [-0.4, -0.2) is 17.7 Å². The van der Waals surface area contributed by atoms with E-state index in [4.69, 9.17) is 9.47 Å². The van der Waals surface area contributed by atoms with E-state index in [9.17, 15) is 4.79 Å².